The van der Waals surface area contributed by atoms with Crippen LogP contribution in [0, 0.1) is 6.92 Å². The third kappa shape index (κ3) is 4.15. The van der Waals surface area contributed by atoms with Crippen molar-refractivity contribution < 1.29 is 9.84 Å². The van der Waals surface area contributed by atoms with Gasteiger partial charge in [-0.15, -0.1) is 4.37 Å². The second kappa shape index (κ2) is 6.83. The first-order valence-corrected chi connectivity index (χ1v) is 7.26. The molecule has 1 atom stereocenters. The van der Waals surface area contributed by atoms with Crippen LogP contribution in [0.2, 0.25) is 0 Å². The van der Waals surface area contributed by atoms with Crippen molar-refractivity contribution >= 4 is 33.3 Å². The number of aliphatic hydroxyl groups excluding tert-OH is 1. The van der Waals surface area contributed by atoms with Crippen molar-refractivity contribution in [3.05, 3.63) is 34.4 Å². The highest BCUT2D eigenvalue weighted by atomic mass is 79.9. The van der Waals surface area contributed by atoms with Gasteiger partial charge >= 0.3 is 0 Å². The fourth-order valence-corrected chi connectivity index (χ4v) is 2.22. The highest BCUT2D eigenvalue weighted by Gasteiger charge is 2.08. The second-order valence-electron chi connectivity index (χ2n) is 4.00. The van der Waals surface area contributed by atoms with E-state index in [-0.39, 0.29) is 6.61 Å². The highest BCUT2D eigenvalue weighted by Crippen LogP contribution is 2.23. The minimum atomic E-state index is -0.611. The molecule has 0 saturated heterocycles. The topological polar surface area (TPSA) is 67.3 Å². The minimum absolute atomic E-state index is 0.186. The molecule has 1 heterocycles. The van der Waals surface area contributed by atoms with Gasteiger partial charge in [0.15, 0.2) is 0 Å². The summed E-state index contributed by atoms with van der Waals surface area (Å²) in [6.45, 7) is 2.61. The van der Waals surface area contributed by atoms with E-state index in [1.807, 2.05) is 25.1 Å². The Morgan fingerprint density at radius 2 is 2.37 bits per heavy atom. The number of rotatable bonds is 6. The molecule has 5 nitrogen and oxygen atoms in total. The molecular weight excluding hydrogens is 330 g/mol. The van der Waals surface area contributed by atoms with Crippen LogP contribution in [0.3, 0.4) is 0 Å². The van der Waals surface area contributed by atoms with Gasteiger partial charge in [0, 0.05) is 16.7 Å². The summed E-state index contributed by atoms with van der Waals surface area (Å²) >= 11 is 4.55. The smallest absolute Gasteiger partial charge is 0.245 e. The zero-order valence-corrected chi connectivity index (χ0v) is 12.7. The number of ether oxygens (including phenoxy) is 1. The van der Waals surface area contributed by atoms with Crippen molar-refractivity contribution in [2.24, 2.45) is 0 Å². The first-order valence-electron chi connectivity index (χ1n) is 5.74. The standard InChI is InChI=1S/C12H14BrN3O2S/c1-8-10(13)3-2-4-11(8)14-5-9(17)7-18-12-6-15-19-16-12/h2-4,6,9,14,17H,5,7H2,1H3. The molecule has 0 saturated carbocycles. The molecule has 2 N–H and O–H groups in total. The number of benzene rings is 1. The van der Waals surface area contributed by atoms with Gasteiger partial charge in [-0.05, 0) is 24.6 Å². The average molecular weight is 344 g/mol. The summed E-state index contributed by atoms with van der Waals surface area (Å²) in [6.07, 6.45) is 0.920. The van der Waals surface area contributed by atoms with Crippen LogP contribution >= 0.6 is 27.7 Å². The Morgan fingerprint density at radius 1 is 1.53 bits per heavy atom. The lowest BCUT2D eigenvalue weighted by Crippen LogP contribution is -2.26. The second-order valence-corrected chi connectivity index (χ2v) is 5.41. The minimum Gasteiger partial charge on any atom is -0.473 e. The fourth-order valence-electron chi connectivity index (χ4n) is 1.49. The molecule has 2 aromatic rings. The Labute approximate surface area is 124 Å². The van der Waals surface area contributed by atoms with E-state index in [2.05, 4.69) is 30.0 Å². The zero-order valence-electron chi connectivity index (χ0n) is 10.3. The first-order chi connectivity index (χ1) is 9.16. The van der Waals surface area contributed by atoms with E-state index in [9.17, 15) is 5.11 Å². The van der Waals surface area contributed by atoms with E-state index in [0.29, 0.717) is 12.4 Å². The van der Waals surface area contributed by atoms with Crippen molar-refractivity contribution in [2.45, 2.75) is 13.0 Å². The van der Waals surface area contributed by atoms with Crippen molar-refractivity contribution in [1.82, 2.24) is 8.75 Å². The SMILES string of the molecule is Cc1c(Br)cccc1NCC(O)COc1cnsn1. The largest absolute Gasteiger partial charge is 0.473 e. The van der Waals surface area contributed by atoms with Crippen LogP contribution < -0.4 is 10.1 Å². The van der Waals surface area contributed by atoms with Crippen molar-refractivity contribution in [1.29, 1.82) is 0 Å². The zero-order chi connectivity index (χ0) is 13.7. The van der Waals surface area contributed by atoms with E-state index in [0.717, 1.165) is 27.5 Å². The van der Waals surface area contributed by atoms with E-state index in [4.69, 9.17) is 4.74 Å². The molecule has 1 aromatic heterocycles. The van der Waals surface area contributed by atoms with Gasteiger partial charge in [-0.25, -0.2) is 0 Å². The van der Waals surface area contributed by atoms with Crippen LogP contribution in [-0.2, 0) is 0 Å². The van der Waals surface area contributed by atoms with Gasteiger partial charge in [0.25, 0.3) is 0 Å². The van der Waals surface area contributed by atoms with Gasteiger partial charge < -0.3 is 15.2 Å². The molecule has 1 unspecified atom stereocenters. The summed E-state index contributed by atoms with van der Waals surface area (Å²) in [4.78, 5) is 0. The Balaban J connectivity index is 1.80. The summed E-state index contributed by atoms with van der Waals surface area (Å²) in [5, 5.41) is 13.0. The van der Waals surface area contributed by atoms with Crippen LogP contribution in [0.25, 0.3) is 0 Å². The third-order valence-electron chi connectivity index (χ3n) is 2.56. The molecule has 19 heavy (non-hydrogen) atoms. The number of nitrogens with one attached hydrogen (secondary N) is 1. The predicted molar refractivity (Wildman–Crippen MR) is 78.8 cm³/mol. The maximum Gasteiger partial charge on any atom is 0.245 e. The number of hydrogen-bond acceptors (Lipinski definition) is 6. The molecule has 0 radical (unpaired) electrons. The van der Waals surface area contributed by atoms with Crippen LogP contribution in [0.15, 0.2) is 28.9 Å². The monoisotopic (exact) mass is 343 g/mol. The molecule has 0 fully saturated rings. The Hall–Kier alpha value is -1.18. The number of nitrogens with zero attached hydrogens (tertiary/aromatic N) is 2. The van der Waals surface area contributed by atoms with E-state index in [1.165, 1.54) is 6.20 Å². The molecule has 102 valence electrons. The quantitative estimate of drug-likeness (QED) is 0.843. The molecule has 0 aliphatic carbocycles. The molecule has 0 spiro atoms. The maximum absolute atomic E-state index is 9.83. The number of aromatic nitrogens is 2. The van der Waals surface area contributed by atoms with Crippen LogP contribution in [0.5, 0.6) is 5.88 Å². The van der Waals surface area contributed by atoms with Crippen LogP contribution in [0.4, 0.5) is 5.69 Å². The van der Waals surface area contributed by atoms with Gasteiger partial charge in [-0.1, -0.05) is 22.0 Å². The number of hydrogen-bond donors (Lipinski definition) is 2. The molecule has 2 rings (SSSR count). The van der Waals surface area contributed by atoms with Crippen LogP contribution in [-0.4, -0.2) is 33.1 Å². The molecule has 0 aliphatic rings. The maximum atomic E-state index is 9.83. The van der Waals surface area contributed by atoms with Gasteiger partial charge in [0.1, 0.15) is 18.9 Å². The van der Waals surface area contributed by atoms with E-state index in [1.54, 1.807) is 0 Å². The third-order valence-corrected chi connectivity index (χ3v) is 3.88. The predicted octanol–water partition coefficient (Wildman–Crippen LogP) is 2.46. The lowest BCUT2D eigenvalue weighted by Gasteiger charge is -2.14. The number of aliphatic hydroxyl groups is 1. The van der Waals surface area contributed by atoms with E-state index >= 15 is 0 Å². The van der Waals surface area contributed by atoms with Crippen molar-refractivity contribution in [3.8, 4) is 5.88 Å². The Kier molecular flexibility index (Phi) is 5.12. The van der Waals surface area contributed by atoms with Gasteiger partial charge in [-0.2, -0.15) is 4.37 Å². The lowest BCUT2D eigenvalue weighted by molar-refractivity contribution is 0.115. The molecule has 0 aliphatic heterocycles. The van der Waals surface area contributed by atoms with Gasteiger partial charge in [-0.3, -0.25) is 0 Å². The summed E-state index contributed by atoms with van der Waals surface area (Å²) in [5.41, 5.74) is 2.10. The molecule has 7 heteroatoms. The van der Waals surface area contributed by atoms with Gasteiger partial charge in [0.05, 0.1) is 11.7 Å². The summed E-state index contributed by atoms with van der Waals surface area (Å²) in [5.74, 6) is 0.447. The average Bonchev–Trinajstić information content (AvgIpc) is 2.91. The number of halogens is 1. The van der Waals surface area contributed by atoms with Crippen molar-refractivity contribution in [2.75, 3.05) is 18.5 Å². The Bertz CT molecular complexity index is 522. The molecule has 1 aromatic carbocycles. The molecule has 0 amide bonds. The molecular formula is C12H14BrN3O2S. The fraction of sp³-hybridized carbons (Fsp3) is 0.333. The van der Waals surface area contributed by atoms with E-state index < -0.39 is 6.10 Å². The highest BCUT2D eigenvalue weighted by molar-refractivity contribution is 9.10. The number of anilines is 1. The first kappa shape index (κ1) is 14.2. The summed E-state index contributed by atoms with van der Waals surface area (Å²) < 4.78 is 14.0. The summed E-state index contributed by atoms with van der Waals surface area (Å²) in [7, 11) is 0. The van der Waals surface area contributed by atoms with Crippen molar-refractivity contribution in [3.63, 3.8) is 0 Å². The summed E-state index contributed by atoms with van der Waals surface area (Å²) in [6, 6.07) is 5.90. The van der Waals surface area contributed by atoms with Gasteiger partial charge in [0.2, 0.25) is 5.88 Å². The molecule has 0 bridgehead atoms. The Morgan fingerprint density at radius 3 is 3.11 bits per heavy atom. The normalized spacial score (nSPS) is 12.2. The lowest BCUT2D eigenvalue weighted by atomic mass is 10.2. The van der Waals surface area contributed by atoms with Crippen LogP contribution in [0.1, 0.15) is 5.56 Å².